The minimum atomic E-state index is -0.915. The maximum absolute atomic E-state index is 14.2. The second kappa shape index (κ2) is 8.51. The molecule has 7 heteroatoms. The van der Waals surface area contributed by atoms with Crippen molar-refractivity contribution in [3.05, 3.63) is 65.2 Å². The Morgan fingerprint density at radius 3 is 2.28 bits per heavy atom. The van der Waals surface area contributed by atoms with Crippen molar-refractivity contribution in [2.45, 2.75) is 38.0 Å². The zero-order valence-electron chi connectivity index (χ0n) is 16.0. The summed E-state index contributed by atoms with van der Waals surface area (Å²) < 4.78 is 32.7. The zero-order valence-corrected chi connectivity index (χ0v) is 16.0. The summed E-state index contributed by atoms with van der Waals surface area (Å²) in [4.78, 5) is 36.2. The van der Waals surface area contributed by atoms with Crippen LogP contribution in [0.25, 0.3) is 0 Å². The maximum Gasteiger partial charge on any atom is 0.317 e. The fourth-order valence-corrected chi connectivity index (χ4v) is 3.73. The van der Waals surface area contributed by atoms with Gasteiger partial charge >= 0.3 is 5.97 Å². The fourth-order valence-electron chi connectivity index (χ4n) is 3.73. The number of Topliss-reactive ketones (excluding diaryl/α,β-unsaturated/α-hetero) is 1. The van der Waals surface area contributed by atoms with Gasteiger partial charge in [0.15, 0.2) is 6.61 Å². The van der Waals surface area contributed by atoms with Crippen LogP contribution in [0.1, 0.15) is 48.5 Å². The van der Waals surface area contributed by atoms with Gasteiger partial charge in [-0.25, -0.2) is 8.78 Å². The van der Waals surface area contributed by atoms with E-state index in [9.17, 15) is 23.2 Å². The molecule has 0 aromatic heterocycles. The molecule has 152 valence electrons. The van der Waals surface area contributed by atoms with Gasteiger partial charge in [-0.05, 0) is 48.7 Å². The van der Waals surface area contributed by atoms with Crippen molar-refractivity contribution in [3.63, 3.8) is 0 Å². The van der Waals surface area contributed by atoms with Gasteiger partial charge in [0, 0.05) is 12.6 Å². The number of ether oxygens (including phenoxy) is 1. The number of anilines is 1. The standard InChI is InChI=1S/C22H21F2NO4/c1-14(26)25-17-8-9-18(19(24)12-17)20(27)13-29-21(28)22(10-2-3-11-22)15-4-6-16(23)7-5-15/h4-9,12H,2-3,10-11,13H2,1H3,(H,25,26). The van der Waals surface area contributed by atoms with E-state index in [4.69, 9.17) is 4.74 Å². The van der Waals surface area contributed by atoms with Crippen LogP contribution in [-0.2, 0) is 19.7 Å². The molecule has 0 unspecified atom stereocenters. The van der Waals surface area contributed by atoms with Crippen molar-refractivity contribution in [1.29, 1.82) is 0 Å². The Hall–Kier alpha value is -3.09. The van der Waals surface area contributed by atoms with Crippen LogP contribution in [-0.4, -0.2) is 24.3 Å². The molecular weight excluding hydrogens is 380 g/mol. The van der Waals surface area contributed by atoms with Crippen molar-refractivity contribution in [1.82, 2.24) is 0 Å². The molecule has 0 aliphatic heterocycles. The molecule has 1 aliphatic rings. The highest BCUT2D eigenvalue weighted by Gasteiger charge is 2.44. The normalized spacial score (nSPS) is 15.0. The molecule has 0 spiro atoms. The molecule has 2 aromatic carbocycles. The molecule has 0 saturated heterocycles. The Kier molecular flexibility index (Phi) is 6.06. The lowest BCUT2D eigenvalue weighted by molar-refractivity contribution is -0.149. The molecule has 1 N–H and O–H groups in total. The fraction of sp³-hybridized carbons (Fsp3) is 0.318. The molecule has 1 amide bonds. The first-order valence-electron chi connectivity index (χ1n) is 9.35. The van der Waals surface area contributed by atoms with Gasteiger partial charge in [-0.3, -0.25) is 14.4 Å². The molecule has 0 atom stereocenters. The average molecular weight is 401 g/mol. The van der Waals surface area contributed by atoms with Crippen molar-refractivity contribution in [2.75, 3.05) is 11.9 Å². The molecule has 3 rings (SSSR count). The van der Waals surface area contributed by atoms with Gasteiger partial charge < -0.3 is 10.1 Å². The number of nitrogens with one attached hydrogen (secondary N) is 1. The van der Waals surface area contributed by atoms with Crippen LogP contribution in [0.2, 0.25) is 0 Å². The molecular formula is C22H21F2NO4. The summed E-state index contributed by atoms with van der Waals surface area (Å²) in [6, 6.07) is 9.38. The number of carbonyl (C=O) groups excluding carboxylic acids is 3. The number of rotatable bonds is 6. The number of benzene rings is 2. The van der Waals surface area contributed by atoms with Crippen LogP contribution in [0.3, 0.4) is 0 Å². The Labute approximate surface area is 167 Å². The van der Waals surface area contributed by atoms with Gasteiger partial charge in [0.25, 0.3) is 0 Å². The number of esters is 1. The number of amides is 1. The van der Waals surface area contributed by atoms with E-state index < -0.39 is 35.4 Å². The molecule has 5 nitrogen and oxygen atoms in total. The zero-order chi connectivity index (χ0) is 21.0. The first-order chi connectivity index (χ1) is 13.8. The minimum Gasteiger partial charge on any atom is -0.457 e. The van der Waals surface area contributed by atoms with Crippen molar-refractivity contribution < 1.29 is 27.9 Å². The predicted octanol–water partition coefficient (Wildman–Crippen LogP) is 4.16. The molecule has 0 bridgehead atoms. The second-order valence-electron chi connectivity index (χ2n) is 7.17. The van der Waals surface area contributed by atoms with Gasteiger partial charge in [-0.1, -0.05) is 25.0 Å². The molecule has 2 aromatic rings. The summed E-state index contributed by atoms with van der Waals surface area (Å²) in [5.41, 5.74) is -0.263. The van der Waals surface area contributed by atoms with Crippen molar-refractivity contribution in [3.8, 4) is 0 Å². The van der Waals surface area contributed by atoms with E-state index in [0.29, 0.717) is 18.4 Å². The molecule has 1 fully saturated rings. The molecule has 0 radical (unpaired) electrons. The van der Waals surface area contributed by atoms with E-state index in [1.54, 1.807) is 12.1 Å². The SMILES string of the molecule is CC(=O)Nc1ccc(C(=O)COC(=O)C2(c3ccc(F)cc3)CCCC2)c(F)c1. The molecule has 29 heavy (non-hydrogen) atoms. The summed E-state index contributed by atoms with van der Waals surface area (Å²) in [5, 5.41) is 2.42. The van der Waals surface area contributed by atoms with Gasteiger partial charge in [-0.15, -0.1) is 0 Å². The van der Waals surface area contributed by atoms with Gasteiger partial charge in [0.2, 0.25) is 11.7 Å². The Morgan fingerprint density at radius 1 is 1.03 bits per heavy atom. The van der Waals surface area contributed by atoms with Gasteiger partial charge in [0.1, 0.15) is 11.6 Å². The highest BCUT2D eigenvalue weighted by molar-refractivity contribution is 5.99. The summed E-state index contributed by atoms with van der Waals surface area (Å²) in [6.45, 7) is 0.689. The Morgan fingerprint density at radius 2 is 1.69 bits per heavy atom. The highest BCUT2D eigenvalue weighted by atomic mass is 19.1. The van der Waals surface area contributed by atoms with Crippen LogP contribution < -0.4 is 5.32 Å². The predicted molar refractivity (Wildman–Crippen MR) is 103 cm³/mol. The Bertz CT molecular complexity index is 934. The number of hydrogen-bond donors (Lipinski definition) is 1. The number of carbonyl (C=O) groups is 3. The third-order valence-electron chi connectivity index (χ3n) is 5.17. The van der Waals surface area contributed by atoms with E-state index in [1.165, 1.54) is 31.2 Å². The lowest BCUT2D eigenvalue weighted by Crippen LogP contribution is -2.36. The van der Waals surface area contributed by atoms with Crippen molar-refractivity contribution in [2.24, 2.45) is 0 Å². The van der Waals surface area contributed by atoms with Crippen LogP contribution >= 0.6 is 0 Å². The molecule has 1 aliphatic carbocycles. The summed E-state index contributed by atoms with van der Waals surface area (Å²) in [7, 11) is 0. The Balaban J connectivity index is 1.71. The lowest BCUT2D eigenvalue weighted by Gasteiger charge is -2.27. The van der Waals surface area contributed by atoms with Crippen LogP contribution in [0, 0.1) is 11.6 Å². The third-order valence-corrected chi connectivity index (χ3v) is 5.17. The summed E-state index contributed by atoms with van der Waals surface area (Å²) >= 11 is 0. The average Bonchev–Trinajstić information content (AvgIpc) is 3.17. The van der Waals surface area contributed by atoms with E-state index in [1.807, 2.05) is 0 Å². The van der Waals surface area contributed by atoms with E-state index >= 15 is 0 Å². The topological polar surface area (TPSA) is 72.5 Å². The lowest BCUT2D eigenvalue weighted by atomic mass is 9.79. The quantitative estimate of drug-likeness (QED) is 0.583. The maximum atomic E-state index is 14.2. The monoisotopic (exact) mass is 401 g/mol. The first-order valence-corrected chi connectivity index (χ1v) is 9.35. The van der Waals surface area contributed by atoms with Gasteiger partial charge in [0.05, 0.1) is 11.0 Å². The number of hydrogen-bond acceptors (Lipinski definition) is 4. The molecule has 0 heterocycles. The minimum absolute atomic E-state index is 0.227. The molecule has 1 saturated carbocycles. The van der Waals surface area contributed by atoms with E-state index in [-0.39, 0.29) is 17.2 Å². The summed E-state index contributed by atoms with van der Waals surface area (Å²) in [5.74, 6) is -2.82. The van der Waals surface area contributed by atoms with Crippen molar-refractivity contribution >= 4 is 23.3 Å². The van der Waals surface area contributed by atoms with E-state index in [0.717, 1.165) is 18.9 Å². The van der Waals surface area contributed by atoms with Gasteiger partial charge in [-0.2, -0.15) is 0 Å². The van der Waals surface area contributed by atoms with Crippen LogP contribution in [0.5, 0.6) is 0 Å². The number of ketones is 1. The second-order valence-corrected chi connectivity index (χ2v) is 7.17. The van der Waals surface area contributed by atoms with Crippen LogP contribution in [0.4, 0.5) is 14.5 Å². The smallest absolute Gasteiger partial charge is 0.317 e. The number of halogens is 2. The third kappa shape index (κ3) is 4.50. The van der Waals surface area contributed by atoms with Crippen LogP contribution in [0.15, 0.2) is 42.5 Å². The summed E-state index contributed by atoms with van der Waals surface area (Å²) in [6.07, 6.45) is 2.73. The largest absolute Gasteiger partial charge is 0.457 e. The van der Waals surface area contributed by atoms with E-state index in [2.05, 4.69) is 5.32 Å². The first kappa shape index (κ1) is 20.6. The highest BCUT2D eigenvalue weighted by Crippen LogP contribution is 2.42.